The van der Waals surface area contributed by atoms with Crippen LogP contribution in [0.5, 0.6) is 0 Å². The molecule has 6 nitrogen and oxygen atoms in total. The minimum Gasteiger partial charge on any atom is -0.477 e. The maximum atomic E-state index is 10.8. The molecule has 0 amide bonds. The highest BCUT2D eigenvalue weighted by atomic mass is 32.1. The van der Waals surface area contributed by atoms with Crippen LogP contribution in [0.2, 0.25) is 0 Å². The van der Waals surface area contributed by atoms with E-state index < -0.39 is 5.97 Å². The molecule has 0 saturated carbocycles. The molecule has 0 unspecified atom stereocenters. The SMILES string of the molecule is N#Cc1cnc(-c2ncsc2C(=O)O)nc1. The van der Waals surface area contributed by atoms with Gasteiger partial charge in [-0.15, -0.1) is 11.3 Å². The first-order chi connectivity index (χ1) is 7.72. The molecule has 2 aromatic heterocycles. The van der Waals surface area contributed by atoms with Crippen molar-refractivity contribution < 1.29 is 9.90 Å². The van der Waals surface area contributed by atoms with Gasteiger partial charge in [-0.05, 0) is 0 Å². The molecular weight excluding hydrogens is 228 g/mol. The molecule has 7 heteroatoms. The zero-order chi connectivity index (χ0) is 11.5. The van der Waals surface area contributed by atoms with E-state index in [2.05, 4.69) is 15.0 Å². The van der Waals surface area contributed by atoms with E-state index in [0.29, 0.717) is 5.56 Å². The second kappa shape index (κ2) is 4.04. The number of nitrogens with zero attached hydrogens (tertiary/aromatic N) is 4. The summed E-state index contributed by atoms with van der Waals surface area (Å²) in [6, 6.07) is 1.88. The van der Waals surface area contributed by atoms with Gasteiger partial charge in [0, 0.05) is 12.4 Å². The first kappa shape index (κ1) is 10.2. The number of carbonyl (C=O) groups is 1. The first-order valence-corrected chi connectivity index (χ1v) is 4.99. The van der Waals surface area contributed by atoms with E-state index in [-0.39, 0.29) is 16.4 Å². The van der Waals surface area contributed by atoms with E-state index in [1.165, 1.54) is 17.9 Å². The molecule has 2 aromatic rings. The normalized spacial score (nSPS) is 9.69. The topological polar surface area (TPSA) is 99.8 Å². The summed E-state index contributed by atoms with van der Waals surface area (Å²) in [6.07, 6.45) is 2.65. The van der Waals surface area contributed by atoms with Crippen molar-refractivity contribution in [3.05, 3.63) is 28.3 Å². The highest BCUT2D eigenvalue weighted by Crippen LogP contribution is 2.21. The molecule has 0 bridgehead atoms. The van der Waals surface area contributed by atoms with Crippen LogP contribution in [0.15, 0.2) is 17.9 Å². The molecule has 0 aliphatic rings. The monoisotopic (exact) mass is 232 g/mol. The summed E-state index contributed by atoms with van der Waals surface area (Å²) < 4.78 is 0. The van der Waals surface area contributed by atoms with E-state index in [4.69, 9.17) is 10.4 Å². The van der Waals surface area contributed by atoms with Crippen molar-refractivity contribution in [3.63, 3.8) is 0 Å². The van der Waals surface area contributed by atoms with Crippen LogP contribution in [0.1, 0.15) is 15.2 Å². The van der Waals surface area contributed by atoms with Crippen LogP contribution >= 0.6 is 11.3 Å². The van der Waals surface area contributed by atoms with Crippen molar-refractivity contribution in [1.29, 1.82) is 5.26 Å². The van der Waals surface area contributed by atoms with Gasteiger partial charge in [0.15, 0.2) is 5.82 Å². The zero-order valence-electron chi connectivity index (χ0n) is 7.78. The average Bonchev–Trinajstić information content (AvgIpc) is 2.78. The van der Waals surface area contributed by atoms with E-state index in [0.717, 1.165) is 11.3 Å². The molecular formula is C9H4N4O2S. The van der Waals surface area contributed by atoms with Crippen LogP contribution in [-0.4, -0.2) is 26.0 Å². The highest BCUT2D eigenvalue weighted by molar-refractivity contribution is 7.12. The standard InChI is InChI=1S/C9H4N4O2S/c10-1-5-2-11-8(12-3-5)6-7(9(14)15)16-4-13-6/h2-4H,(H,14,15). The molecule has 0 spiro atoms. The van der Waals surface area contributed by atoms with E-state index in [1.54, 1.807) is 0 Å². The molecule has 1 N–H and O–H groups in total. The average molecular weight is 232 g/mol. The predicted octanol–water partition coefficient (Wildman–Crippen LogP) is 1.17. The largest absolute Gasteiger partial charge is 0.477 e. The van der Waals surface area contributed by atoms with Gasteiger partial charge in [-0.25, -0.2) is 19.7 Å². The van der Waals surface area contributed by atoms with Crippen LogP contribution in [0, 0.1) is 11.3 Å². The number of carboxylic acid groups (broad SMARTS) is 1. The summed E-state index contributed by atoms with van der Waals surface area (Å²) in [5.41, 5.74) is 1.96. The molecule has 0 aliphatic heterocycles. The van der Waals surface area contributed by atoms with Crippen LogP contribution in [0.4, 0.5) is 0 Å². The van der Waals surface area contributed by atoms with Crippen LogP contribution in [-0.2, 0) is 0 Å². The number of hydrogen-bond acceptors (Lipinski definition) is 6. The highest BCUT2D eigenvalue weighted by Gasteiger charge is 2.16. The van der Waals surface area contributed by atoms with Crippen molar-refractivity contribution in [2.45, 2.75) is 0 Å². The summed E-state index contributed by atoms with van der Waals surface area (Å²) in [7, 11) is 0. The van der Waals surface area contributed by atoms with Gasteiger partial charge in [0.2, 0.25) is 0 Å². The minimum atomic E-state index is -1.06. The third kappa shape index (κ3) is 1.74. The van der Waals surface area contributed by atoms with Crippen molar-refractivity contribution in [3.8, 4) is 17.6 Å². The lowest BCUT2D eigenvalue weighted by Crippen LogP contribution is -1.98. The Morgan fingerprint density at radius 2 is 2.06 bits per heavy atom. The molecule has 0 saturated heterocycles. The summed E-state index contributed by atoms with van der Waals surface area (Å²) in [5.74, 6) is -0.858. The maximum absolute atomic E-state index is 10.8. The molecule has 2 rings (SSSR count). The maximum Gasteiger partial charge on any atom is 0.348 e. The first-order valence-electron chi connectivity index (χ1n) is 4.11. The van der Waals surface area contributed by atoms with Crippen LogP contribution in [0.3, 0.4) is 0 Å². The summed E-state index contributed by atoms with van der Waals surface area (Å²) in [6.45, 7) is 0. The Morgan fingerprint density at radius 3 is 2.62 bits per heavy atom. The number of rotatable bonds is 2. The quantitative estimate of drug-likeness (QED) is 0.834. The summed E-state index contributed by atoms with van der Waals surface area (Å²) in [5, 5.41) is 17.4. The second-order valence-corrected chi connectivity index (χ2v) is 3.60. The Kier molecular flexibility index (Phi) is 2.57. The minimum absolute atomic E-state index is 0.0877. The van der Waals surface area contributed by atoms with Crippen molar-refractivity contribution in [1.82, 2.24) is 15.0 Å². The molecule has 0 aromatic carbocycles. The lowest BCUT2D eigenvalue weighted by Gasteiger charge is -1.96. The van der Waals surface area contributed by atoms with Gasteiger partial charge in [0.1, 0.15) is 16.6 Å². The van der Waals surface area contributed by atoms with Gasteiger partial charge >= 0.3 is 5.97 Å². The number of nitriles is 1. The van der Waals surface area contributed by atoms with E-state index in [1.807, 2.05) is 6.07 Å². The van der Waals surface area contributed by atoms with Gasteiger partial charge in [-0.3, -0.25) is 0 Å². The fourth-order valence-electron chi connectivity index (χ4n) is 1.07. The Labute approximate surface area is 93.9 Å². The molecule has 0 radical (unpaired) electrons. The Hall–Kier alpha value is -2.33. The molecule has 0 atom stereocenters. The smallest absolute Gasteiger partial charge is 0.348 e. The van der Waals surface area contributed by atoms with E-state index in [9.17, 15) is 4.79 Å². The van der Waals surface area contributed by atoms with E-state index >= 15 is 0 Å². The van der Waals surface area contributed by atoms with Gasteiger partial charge in [-0.2, -0.15) is 5.26 Å². The molecule has 16 heavy (non-hydrogen) atoms. The predicted molar refractivity (Wildman–Crippen MR) is 54.8 cm³/mol. The molecule has 0 fully saturated rings. The van der Waals surface area contributed by atoms with Crippen LogP contribution in [0.25, 0.3) is 11.5 Å². The second-order valence-electron chi connectivity index (χ2n) is 2.74. The molecule has 2 heterocycles. The Bertz CT molecular complexity index is 570. The summed E-state index contributed by atoms with van der Waals surface area (Å²) in [4.78, 5) is 22.6. The van der Waals surface area contributed by atoms with Gasteiger partial charge in [0.25, 0.3) is 0 Å². The number of carboxylic acids is 1. The zero-order valence-corrected chi connectivity index (χ0v) is 8.60. The fourth-order valence-corrected chi connectivity index (χ4v) is 1.69. The lowest BCUT2D eigenvalue weighted by atomic mass is 10.3. The molecule has 0 aliphatic carbocycles. The number of thiazole rings is 1. The number of aromatic carboxylic acids is 1. The van der Waals surface area contributed by atoms with Crippen molar-refractivity contribution in [2.24, 2.45) is 0 Å². The third-order valence-electron chi connectivity index (χ3n) is 1.75. The van der Waals surface area contributed by atoms with Crippen LogP contribution < -0.4 is 0 Å². The van der Waals surface area contributed by atoms with Crippen molar-refractivity contribution >= 4 is 17.3 Å². The third-order valence-corrected chi connectivity index (χ3v) is 2.57. The Balaban J connectivity index is 2.47. The number of aromatic nitrogens is 3. The van der Waals surface area contributed by atoms with Gasteiger partial charge < -0.3 is 5.11 Å². The fraction of sp³-hybridized carbons (Fsp3) is 0. The van der Waals surface area contributed by atoms with Crippen molar-refractivity contribution in [2.75, 3.05) is 0 Å². The summed E-state index contributed by atoms with van der Waals surface area (Å²) >= 11 is 1.01. The Morgan fingerprint density at radius 1 is 1.38 bits per heavy atom. The molecule has 78 valence electrons. The number of hydrogen-bond donors (Lipinski definition) is 1. The van der Waals surface area contributed by atoms with Gasteiger partial charge in [0.05, 0.1) is 11.1 Å². The van der Waals surface area contributed by atoms with Gasteiger partial charge in [-0.1, -0.05) is 0 Å². The lowest BCUT2D eigenvalue weighted by molar-refractivity contribution is 0.0702.